The summed E-state index contributed by atoms with van der Waals surface area (Å²) in [5.74, 6) is 0.351. The molecular formula is C15H26N4OS. The van der Waals surface area contributed by atoms with E-state index in [0.29, 0.717) is 21.2 Å². The van der Waals surface area contributed by atoms with Crippen molar-refractivity contribution in [2.45, 2.75) is 53.0 Å². The maximum Gasteiger partial charge on any atom is 0.267 e. The number of carbonyl (C=O) groups excluding carboxylic acids is 1. The van der Waals surface area contributed by atoms with Gasteiger partial charge in [0.2, 0.25) is 0 Å². The number of likely N-dealkylation sites (tertiary alicyclic amines) is 1. The minimum Gasteiger partial charge on any atom is -0.382 e. The number of hydrogen-bond donors (Lipinski definition) is 2. The van der Waals surface area contributed by atoms with Crippen LogP contribution in [0, 0.1) is 5.41 Å². The van der Waals surface area contributed by atoms with Crippen molar-refractivity contribution in [1.29, 1.82) is 0 Å². The summed E-state index contributed by atoms with van der Waals surface area (Å²) in [6.07, 6.45) is 2.06. The summed E-state index contributed by atoms with van der Waals surface area (Å²) < 4.78 is 0. The molecule has 0 bridgehead atoms. The Labute approximate surface area is 130 Å². The lowest BCUT2D eigenvalue weighted by Crippen LogP contribution is -2.41. The fraction of sp³-hybridized carbons (Fsp3) is 0.733. The number of piperidine rings is 1. The number of rotatable bonds is 2. The molecule has 1 amide bonds. The highest BCUT2D eigenvalue weighted by atomic mass is 32.1. The van der Waals surface area contributed by atoms with Gasteiger partial charge in [0.25, 0.3) is 5.91 Å². The number of carbonyl (C=O) groups is 1. The van der Waals surface area contributed by atoms with Gasteiger partial charge < -0.3 is 16.0 Å². The molecule has 0 aliphatic carbocycles. The van der Waals surface area contributed by atoms with Gasteiger partial charge in [-0.3, -0.25) is 4.79 Å². The molecule has 0 aromatic carbocycles. The average Bonchev–Trinajstić information content (AvgIpc) is 2.66. The van der Waals surface area contributed by atoms with Crippen LogP contribution in [0.15, 0.2) is 0 Å². The molecule has 0 unspecified atom stereocenters. The molecule has 2 rings (SSSR count). The third-order valence-corrected chi connectivity index (χ3v) is 4.71. The molecule has 0 saturated carbocycles. The monoisotopic (exact) mass is 310 g/mol. The van der Waals surface area contributed by atoms with Gasteiger partial charge in [-0.2, -0.15) is 0 Å². The quantitative estimate of drug-likeness (QED) is 0.880. The number of nitrogens with two attached hydrogens (primary N) is 1. The molecule has 1 aromatic rings. The number of nitrogen functional groups attached to an aromatic ring is 1. The predicted molar refractivity (Wildman–Crippen MR) is 88.8 cm³/mol. The van der Waals surface area contributed by atoms with E-state index in [9.17, 15) is 4.79 Å². The average molecular weight is 310 g/mol. The summed E-state index contributed by atoms with van der Waals surface area (Å²) in [4.78, 5) is 19.3. The predicted octanol–water partition coefficient (Wildman–Crippen LogP) is 3.20. The van der Waals surface area contributed by atoms with E-state index in [4.69, 9.17) is 5.73 Å². The lowest BCUT2D eigenvalue weighted by molar-refractivity contribution is 0.0636. The largest absolute Gasteiger partial charge is 0.382 e. The fourth-order valence-corrected chi connectivity index (χ4v) is 3.38. The first-order valence-corrected chi connectivity index (χ1v) is 8.23. The number of thiazole rings is 1. The molecule has 1 aromatic heterocycles. The van der Waals surface area contributed by atoms with Gasteiger partial charge in [0.1, 0.15) is 10.7 Å². The Morgan fingerprint density at radius 3 is 2.43 bits per heavy atom. The van der Waals surface area contributed by atoms with Crippen molar-refractivity contribution in [3.8, 4) is 0 Å². The van der Waals surface area contributed by atoms with Crippen molar-refractivity contribution in [3.05, 3.63) is 4.88 Å². The Morgan fingerprint density at radius 1 is 1.33 bits per heavy atom. The summed E-state index contributed by atoms with van der Waals surface area (Å²) in [5.41, 5.74) is 6.16. The highest BCUT2D eigenvalue weighted by Gasteiger charge is 2.30. The van der Waals surface area contributed by atoms with Gasteiger partial charge >= 0.3 is 0 Å². The van der Waals surface area contributed by atoms with Crippen LogP contribution in [-0.4, -0.2) is 34.4 Å². The highest BCUT2D eigenvalue weighted by molar-refractivity contribution is 7.18. The second-order valence-electron chi connectivity index (χ2n) is 7.56. The van der Waals surface area contributed by atoms with Gasteiger partial charge in [0, 0.05) is 18.6 Å². The molecule has 1 saturated heterocycles. The normalized spacial score (nSPS) is 18.6. The highest BCUT2D eigenvalue weighted by Crippen LogP contribution is 2.33. The molecule has 21 heavy (non-hydrogen) atoms. The number of aromatic nitrogens is 1. The van der Waals surface area contributed by atoms with Crippen LogP contribution >= 0.6 is 11.3 Å². The van der Waals surface area contributed by atoms with E-state index in [1.165, 1.54) is 11.3 Å². The van der Waals surface area contributed by atoms with Gasteiger partial charge in [0.05, 0.1) is 0 Å². The van der Waals surface area contributed by atoms with E-state index < -0.39 is 0 Å². The molecule has 0 radical (unpaired) electrons. The first-order chi connectivity index (χ1) is 9.57. The van der Waals surface area contributed by atoms with Crippen LogP contribution in [0.3, 0.4) is 0 Å². The second-order valence-corrected chi connectivity index (χ2v) is 8.56. The zero-order valence-electron chi connectivity index (χ0n) is 13.6. The minimum atomic E-state index is -0.0975. The molecule has 6 heteroatoms. The molecule has 5 nitrogen and oxygen atoms in total. The molecule has 1 fully saturated rings. The van der Waals surface area contributed by atoms with Gasteiger partial charge in [-0.05, 0) is 39.0 Å². The lowest BCUT2D eigenvalue weighted by atomic mass is 9.82. The van der Waals surface area contributed by atoms with Crippen LogP contribution in [0.5, 0.6) is 0 Å². The van der Waals surface area contributed by atoms with E-state index >= 15 is 0 Å². The molecule has 118 valence electrons. The third kappa shape index (κ3) is 4.09. The maximum atomic E-state index is 12.6. The van der Waals surface area contributed by atoms with Crippen LogP contribution in [0.25, 0.3) is 0 Å². The van der Waals surface area contributed by atoms with Crippen LogP contribution in [-0.2, 0) is 0 Å². The van der Waals surface area contributed by atoms with Crippen molar-refractivity contribution >= 4 is 28.2 Å². The number of nitrogens with one attached hydrogen (secondary N) is 1. The Morgan fingerprint density at radius 2 is 1.90 bits per heavy atom. The molecule has 3 N–H and O–H groups in total. The first-order valence-electron chi connectivity index (χ1n) is 7.41. The van der Waals surface area contributed by atoms with E-state index in [1.54, 1.807) is 0 Å². The Kier molecular flexibility index (Phi) is 4.19. The number of anilines is 2. The van der Waals surface area contributed by atoms with Crippen LogP contribution in [0.4, 0.5) is 10.9 Å². The Hall–Kier alpha value is -1.30. The summed E-state index contributed by atoms with van der Waals surface area (Å²) in [6.45, 7) is 12.3. The van der Waals surface area contributed by atoms with Gasteiger partial charge in [-0.1, -0.05) is 25.2 Å². The fourth-order valence-electron chi connectivity index (χ4n) is 2.32. The SMILES string of the molecule is CC1(C)CCN(C(=O)c2sc(NC(C)(C)C)nc2N)CC1. The first kappa shape index (κ1) is 16.1. The van der Waals surface area contributed by atoms with Gasteiger partial charge in [0.15, 0.2) is 5.13 Å². The van der Waals surface area contributed by atoms with E-state index in [1.807, 2.05) is 4.90 Å². The minimum absolute atomic E-state index is 0.0162. The number of nitrogens with zero attached hydrogens (tertiary/aromatic N) is 2. The second kappa shape index (κ2) is 5.48. The summed E-state index contributed by atoms with van der Waals surface area (Å²) in [5, 5.41) is 3.98. The van der Waals surface area contributed by atoms with Crippen LogP contribution in [0.2, 0.25) is 0 Å². The van der Waals surface area contributed by atoms with Crippen molar-refractivity contribution in [3.63, 3.8) is 0 Å². The van der Waals surface area contributed by atoms with Crippen molar-refractivity contribution in [1.82, 2.24) is 9.88 Å². The smallest absolute Gasteiger partial charge is 0.267 e. The van der Waals surface area contributed by atoms with Gasteiger partial charge in [-0.25, -0.2) is 4.98 Å². The van der Waals surface area contributed by atoms with Crippen molar-refractivity contribution in [2.24, 2.45) is 5.41 Å². The van der Waals surface area contributed by atoms with Gasteiger partial charge in [-0.15, -0.1) is 0 Å². The maximum absolute atomic E-state index is 12.6. The lowest BCUT2D eigenvalue weighted by Gasteiger charge is -2.36. The van der Waals surface area contributed by atoms with E-state index in [0.717, 1.165) is 25.9 Å². The van der Waals surface area contributed by atoms with Crippen molar-refractivity contribution in [2.75, 3.05) is 24.1 Å². The summed E-state index contributed by atoms with van der Waals surface area (Å²) in [7, 11) is 0. The zero-order chi connectivity index (χ0) is 15.8. The summed E-state index contributed by atoms with van der Waals surface area (Å²) in [6, 6.07) is 0. The number of amides is 1. The third-order valence-electron chi connectivity index (χ3n) is 3.73. The molecular weight excluding hydrogens is 284 g/mol. The standard InChI is InChI=1S/C15H26N4OS/c1-14(2,3)18-13-17-11(16)10(21-13)12(20)19-8-6-15(4,5)7-9-19/h6-9,16H2,1-5H3,(H,17,18). The topological polar surface area (TPSA) is 71.2 Å². The molecule has 1 aliphatic heterocycles. The molecule has 1 aliphatic rings. The van der Waals surface area contributed by atoms with Crippen LogP contribution in [0.1, 0.15) is 57.1 Å². The van der Waals surface area contributed by atoms with Crippen molar-refractivity contribution < 1.29 is 4.79 Å². The van der Waals surface area contributed by atoms with E-state index in [2.05, 4.69) is 44.9 Å². The molecule has 0 atom stereocenters. The number of hydrogen-bond acceptors (Lipinski definition) is 5. The zero-order valence-corrected chi connectivity index (χ0v) is 14.4. The van der Waals surface area contributed by atoms with E-state index in [-0.39, 0.29) is 11.4 Å². The Bertz CT molecular complexity index is 520. The summed E-state index contributed by atoms with van der Waals surface area (Å²) >= 11 is 1.35. The van der Waals surface area contributed by atoms with Crippen LogP contribution < -0.4 is 11.1 Å². The molecule has 0 spiro atoms. The Balaban J connectivity index is 2.10. The molecule has 2 heterocycles.